The maximum absolute atomic E-state index is 14.1. The summed E-state index contributed by atoms with van der Waals surface area (Å²) in [6.45, 7) is 0.915. The molecule has 0 unspecified atom stereocenters. The van der Waals surface area contributed by atoms with E-state index in [0.717, 1.165) is 30.4 Å². The first-order valence-electron chi connectivity index (χ1n) is 11.6. The van der Waals surface area contributed by atoms with Crippen LogP contribution in [0, 0.1) is 0 Å². The first-order chi connectivity index (χ1) is 18.8. The number of amides is 1. The van der Waals surface area contributed by atoms with Crippen molar-refractivity contribution in [3.05, 3.63) is 86.1 Å². The van der Waals surface area contributed by atoms with Crippen molar-refractivity contribution in [2.24, 2.45) is 0 Å². The lowest BCUT2D eigenvalue weighted by atomic mass is 9.99. The molecule has 1 aromatic heterocycles. The molecule has 212 valence electrons. The topological polar surface area (TPSA) is 107 Å². The largest absolute Gasteiger partial charge is 0.418 e. The molecule has 1 saturated heterocycles. The third-order valence-corrected chi connectivity index (χ3v) is 6.65. The first kappa shape index (κ1) is 29.0. The Labute approximate surface area is 226 Å². The second kappa shape index (κ2) is 11.6. The van der Waals surface area contributed by atoms with Gasteiger partial charge in [0.1, 0.15) is 5.82 Å². The van der Waals surface area contributed by atoms with Gasteiger partial charge in [-0.2, -0.15) is 26.3 Å². The number of H-pyrrole nitrogens is 2. The van der Waals surface area contributed by atoms with E-state index in [4.69, 9.17) is 4.74 Å². The molecule has 1 amide bonds. The molecule has 0 spiro atoms. The molecule has 4 rings (SSSR count). The van der Waals surface area contributed by atoms with E-state index in [1.807, 2.05) is 4.98 Å². The summed E-state index contributed by atoms with van der Waals surface area (Å²) in [5.74, 6) is -0.650. The fourth-order valence-corrected chi connectivity index (χ4v) is 4.96. The van der Waals surface area contributed by atoms with Crippen LogP contribution in [0.4, 0.5) is 37.8 Å². The number of hydrogen-bond donors (Lipinski definition) is 3. The molecule has 1 aliphatic rings. The van der Waals surface area contributed by atoms with Crippen LogP contribution < -0.4 is 16.6 Å². The van der Waals surface area contributed by atoms with Crippen molar-refractivity contribution < 1.29 is 35.9 Å². The van der Waals surface area contributed by atoms with E-state index in [0.29, 0.717) is 11.8 Å². The Morgan fingerprint density at radius 3 is 2.30 bits per heavy atom. The van der Waals surface area contributed by atoms with E-state index >= 15 is 0 Å². The number of nitrogens with zero attached hydrogens (tertiary/aromatic N) is 1. The third kappa shape index (κ3) is 7.15. The Hall–Kier alpha value is -3.98. The van der Waals surface area contributed by atoms with Crippen LogP contribution >= 0.6 is 11.8 Å². The Balaban J connectivity index is 1.70. The molecule has 1 fully saturated rings. The average Bonchev–Trinajstić information content (AvgIpc) is 2.86. The molecule has 2 heterocycles. The number of ether oxygens (including phenoxy) is 1. The highest BCUT2D eigenvalue weighted by atomic mass is 32.2. The Morgan fingerprint density at radius 1 is 0.950 bits per heavy atom. The lowest BCUT2D eigenvalue weighted by Crippen LogP contribution is -2.39. The van der Waals surface area contributed by atoms with Crippen molar-refractivity contribution in [3.63, 3.8) is 0 Å². The van der Waals surface area contributed by atoms with E-state index in [2.05, 4.69) is 10.3 Å². The van der Waals surface area contributed by atoms with Gasteiger partial charge < -0.3 is 15.0 Å². The molecule has 3 N–H and O–H groups in total. The molecule has 1 aliphatic heterocycles. The number of alkyl halides is 6. The van der Waals surface area contributed by atoms with Gasteiger partial charge >= 0.3 is 18.0 Å². The van der Waals surface area contributed by atoms with Gasteiger partial charge in [0.2, 0.25) is 5.91 Å². The molecule has 2 aromatic carbocycles. The third-order valence-electron chi connectivity index (χ3n) is 5.60. The minimum Gasteiger partial charge on any atom is -0.378 e. The molecule has 8 nitrogen and oxygen atoms in total. The maximum atomic E-state index is 14.1. The van der Waals surface area contributed by atoms with Gasteiger partial charge in [-0.25, -0.2) is 4.79 Å². The number of rotatable bonds is 6. The van der Waals surface area contributed by atoms with Crippen molar-refractivity contribution in [2.45, 2.75) is 22.1 Å². The van der Waals surface area contributed by atoms with Gasteiger partial charge in [0.25, 0.3) is 5.56 Å². The molecule has 0 aliphatic carbocycles. The number of nitrogens with one attached hydrogen (secondary N) is 3. The summed E-state index contributed by atoms with van der Waals surface area (Å²) in [6, 6.07) is 8.47. The smallest absolute Gasteiger partial charge is 0.378 e. The van der Waals surface area contributed by atoms with Gasteiger partial charge in [0.15, 0.2) is 0 Å². The maximum Gasteiger partial charge on any atom is 0.418 e. The van der Waals surface area contributed by atoms with Crippen LogP contribution in [-0.4, -0.2) is 47.1 Å². The second-order valence-corrected chi connectivity index (χ2v) is 9.54. The van der Waals surface area contributed by atoms with Crippen LogP contribution in [0.1, 0.15) is 16.7 Å². The van der Waals surface area contributed by atoms with E-state index in [1.54, 1.807) is 0 Å². The quantitative estimate of drug-likeness (QED) is 0.281. The average molecular weight is 587 g/mol. The number of morpholine rings is 1. The first-order valence-corrected chi connectivity index (χ1v) is 12.4. The molecular weight excluding hydrogens is 566 g/mol. The minimum atomic E-state index is -5.39. The van der Waals surface area contributed by atoms with Gasteiger partial charge in [-0.15, -0.1) is 0 Å². The monoisotopic (exact) mass is 586 g/mol. The number of hydrogen-bond acceptors (Lipinski definition) is 6. The highest BCUT2D eigenvalue weighted by Crippen LogP contribution is 2.48. The minimum absolute atomic E-state index is 0.00555. The van der Waals surface area contributed by atoms with Crippen molar-refractivity contribution >= 4 is 35.3 Å². The normalized spacial score (nSPS) is 14.5. The SMILES string of the molecule is O=C(C=Cc1ccc(Sc2cccc(Nc3cc(=O)[nH]c(=O)[nH]3)c2)c(C(F)(F)F)c1C(F)(F)F)N1CCOCC1. The molecule has 3 aromatic rings. The van der Waals surface area contributed by atoms with E-state index < -0.39 is 51.1 Å². The standard InChI is InChI=1S/C25H20F6N4O4S/c26-24(27,28)21-14(5-7-20(37)35-8-10-39-11-9-35)4-6-17(22(21)25(29,30)31)40-16-3-1-2-15(12-16)32-18-13-19(36)34-23(38)33-18/h1-7,12-13H,8-11H2,(H3,32,33,34,36,38). The summed E-state index contributed by atoms with van der Waals surface area (Å²) < 4.78 is 89.8. The summed E-state index contributed by atoms with van der Waals surface area (Å²) in [6.07, 6.45) is -9.22. The number of carbonyl (C=O) groups excluding carboxylic acids is 1. The highest BCUT2D eigenvalue weighted by Gasteiger charge is 2.46. The molecule has 0 saturated carbocycles. The molecule has 0 radical (unpaired) electrons. The number of aromatic amines is 2. The van der Waals surface area contributed by atoms with Crippen LogP contribution in [-0.2, 0) is 21.9 Å². The van der Waals surface area contributed by atoms with Crippen molar-refractivity contribution in [1.29, 1.82) is 0 Å². The molecule has 0 bridgehead atoms. The van der Waals surface area contributed by atoms with Crippen molar-refractivity contribution in [1.82, 2.24) is 14.9 Å². The predicted molar refractivity (Wildman–Crippen MR) is 134 cm³/mol. The Kier molecular flexibility index (Phi) is 8.44. The van der Waals surface area contributed by atoms with Gasteiger partial charge in [0, 0.05) is 40.7 Å². The summed E-state index contributed by atoms with van der Waals surface area (Å²) >= 11 is 0.445. The summed E-state index contributed by atoms with van der Waals surface area (Å²) in [4.78, 5) is 40.4. The van der Waals surface area contributed by atoms with Crippen LogP contribution in [0.25, 0.3) is 6.08 Å². The summed E-state index contributed by atoms with van der Waals surface area (Å²) in [5, 5.41) is 2.71. The Morgan fingerprint density at radius 2 is 1.65 bits per heavy atom. The highest BCUT2D eigenvalue weighted by molar-refractivity contribution is 7.99. The van der Waals surface area contributed by atoms with Crippen LogP contribution in [0.15, 0.2) is 67.9 Å². The summed E-state index contributed by atoms with van der Waals surface area (Å²) in [7, 11) is 0. The number of benzene rings is 2. The number of carbonyl (C=O) groups is 1. The van der Waals surface area contributed by atoms with Gasteiger partial charge in [-0.1, -0.05) is 23.9 Å². The van der Waals surface area contributed by atoms with Crippen molar-refractivity contribution in [2.75, 3.05) is 31.6 Å². The summed E-state index contributed by atoms with van der Waals surface area (Å²) in [5.41, 5.74) is -5.85. The fraction of sp³-hybridized carbons (Fsp3) is 0.240. The van der Waals surface area contributed by atoms with E-state index in [9.17, 15) is 40.7 Å². The van der Waals surface area contributed by atoms with Gasteiger partial charge in [0.05, 0.1) is 24.3 Å². The lowest BCUT2D eigenvalue weighted by Gasteiger charge is -2.25. The Bertz CT molecular complexity index is 1510. The van der Waals surface area contributed by atoms with E-state index in [1.165, 1.54) is 29.2 Å². The van der Waals surface area contributed by atoms with Crippen LogP contribution in [0.2, 0.25) is 0 Å². The number of halogens is 6. The van der Waals surface area contributed by atoms with Crippen molar-refractivity contribution in [3.8, 4) is 0 Å². The molecular formula is C25H20F6N4O4S. The lowest BCUT2D eigenvalue weighted by molar-refractivity contribution is -0.163. The van der Waals surface area contributed by atoms with Crippen LogP contribution in [0.5, 0.6) is 0 Å². The number of aromatic nitrogens is 2. The van der Waals surface area contributed by atoms with Crippen LogP contribution in [0.3, 0.4) is 0 Å². The van der Waals surface area contributed by atoms with Gasteiger partial charge in [-0.3, -0.25) is 19.6 Å². The zero-order chi connectivity index (χ0) is 29.1. The predicted octanol–water partition coefficient (Wildman–Crippen LogP) is 4.87. The molecule has 40 heavy (non-hydrogen) atoms. The zero-order valence-corrected chi connectivity index (χ0v) is 21.1. The number of anilines is 2. The second-order valence-electron chi connectivity index (χ2n) is 8.43. The van der Waals surface area contributed by atoms with Gasteiger partial charge in [-0.05, 0) is 35.9 Å². The fourth-order valence-electron chi connectivity index (χ4n) is 3.92. The molecule has 15 heteroatoms. The molecule has 0 atom stereocenters. The zero-order valence-electron chi connectivity index (χ0n) is 20.3. The van der Waals surface area contributed by atoms with E-state index in [-0.39, 0.29) is 42.7 Å².